The second kappa shape index (κ2) is 6.47. The molecule has 2 N–H and O–H groups in total. The van der Waals surface area contributed by atoms with Crippen LogP contribution < -0.4 is 10.6 Å². The summed E-state index contributed by atoms with van der Waals surface area (Å²) >= 11 is 5.85. The number of hydrogen-bond acceptors (Lipinski definition) is 5. The van der Waals surface area contributed by atoms with E-state index in [1.54, 1.807) is 19.1 Å². The third-order valence-electron chi connectivity index (χ3n) is 2.56. The van der Waals surface area contributed by atoms with Gasteiger partial charge in [0.15, 0.2) is 0 Å². The molecule has 0 fully saturated rings. The average molecular weight is 296 g/mol. The Morgan fingerprint density at radius 1 is 1.20 bits per heavy atom. The van der Waals surface area contributed by atoms with Gasteiger partial charge in [0.2, 0.25) is 17.2 Å². The second-order valence-electron chi connectivity index (χ2n) is 4.27. The molecule has 0 amide bonds. The van der Waals surface area contributed by atoms with Gasteiger partial charge in [0, 0.05) is 12.2 Å². The number of aromatic nitrogens is 3. The number of nitrogens with one attached hydrogen (secondary N) is 2. The number of anilines is 3. The molecular formula is C13H15ClFN5. The van der Waals surface area contributed by atoms with Gasteiger partial charge in [-0.2, -0.15) is 15.0 Å². The fourth-order valence-electron chi connectivity index (χ4n) is 1.57. The molecule has 0 atom stereocenters. The highest BCUT2D eigenvalue weighted by molar-refractivity contribution is 6.28. The summed E-state index contributed by atoms with van der Waals surface area (Å²) in [5.74, 6) is 0.470. The molecule has 2 rings (SSSR count). The summed E-state index contributed by atoms with van der Waals surface area (Å²) in [6.45, 7) is 4.47. The van der Waals surface area contributed by atoms with Gasteiger partial charge in [-0.15, -0.1) is 0 Å². The first-order valence-corrected chi connectivity index (χ1v) is 6.65. The van der Waals surface area contributed by atoms with Crippen LogP contribution in [0.1, 0.15) is 18.9 Å². The van der Waals surface area contributed by atoms with Gasteiger partial charge in [-0.05, 0) is 48.7 Å². The van der Waals surface area contributed by atoms with E-state index in [4.69, 9.17) is 11.6 Å². The summed E-state index contributed by atoms with van der Waals surface area (Å²) in [7, 11) is 0. The van der Waals surface area contributed by atoms with Gasteiger partial charge >= 0.3 is 0 Å². The van der Waals surface area contributed by atoms with E-state index < -0.39 is 0 Å². The summed E-state index contributed by atoms with van der Waals surface area (Å²) in [6.07, 6.45) is 0.948. The molecule has 0 aliphatic rings. The Balaban J connectivity index is 2.19. The maximum Gasteiger partial charge on any atom is 0.233 e. The highest BCUT2D eigenvalue weighted by Gasteiger charge is 2.06. The predicted octanol–water partition coefficient (Wildman–Crippen LogP) is 3.54. The molecule has 1 heterocycles. The van der Waals surface area contributed by atoms with Crippen LogP contribution in [0.2, 0.25) is 5.28 Å². The Labute approximate surface area is 121 Å². The second-order valence-corrected chi connectivity index (χ2v) is 4.61. The lowest BCUT2D eigenvalue weighted by atomic mass is 10.2. The van der Waals surface area contributed by atoms with Gasteiger partial charge in [0.1, 0.15) is 5.82 Å². The van der Waals surface area contributed by atoms with Crippen molar-refractivity contribution in [2.75, 3.05) is 17.2 Å². The first-order chi connectivity index (χ1) is 9.58. The quantitative estimate of drug-likeness (QED) is 0.883. The fraction of sp³-hybridized carbons (Fsp3) is 0.308. The van der Waals surface area contributed by atoms with Gasteiger partial charge < -0.3 is 10.6 Å². The van der Waals surface area contributed by atoms with Crippen molar-refractivity contribution in [3.05, 3.63) is 34.9 Å². The van der Waals surface area contributed by atoms with Crippen molar-refractivity contribution in [2.24, 2.45) is 0 Å². The van der Waals surface area contributed by atoms with E-state index in [0.717, 1.165) is 13.0 Å². The molecule has 7 heteroatoms. The van der Waals surface area contributed by atoms with E-state index in [2.05, 4.69) is 25.6 Å². The molecule has 0 spiro atoms. The van der Waals surface area contributed by atoms with Crippen molar-refractivity contribution in [3.63, 3.8) is 0 Å². The molecular weight excluding hydrogens is 281 g/mol. The number of rotatable bonds is 5. The summed E-state index contributed by atoms with van der Waals surface area (Å²) in [5.41, 5.74) is 1.23. The minimum absolute atomic E-state index is 0.0972. The Kier molecular flexibility index (Phi) is 4.68. The molecule has 0 saturated carbocycles. The van der Waals surface area contributed by atoms with Crippen molar-refractivity contribution in [1.82, 2.24) is 15.0 Å². The Hall–Kier alpha value is -1.95. The number of aryl methyl sites for hydroxylation is 1. The summed E-state index contributed by atoms with van der Waals surface area (Å²) in [4.78, 5) is 12.2. The van der Waals surface area contributed by atoms with Crippen LogP contribution in [0.3, 0.4) is 0 Å². The van der Waals surface area contributed by atoms with Crippen LogP contribution >= 0.6 is 11.6 Å². The number of benzene rings is 1. The predicted molar refractivity (Wildman–Crippen MR) is 78.0 cm³/mol. The van der Waals surface area contributed by atoms with Crippen LogP contribution in [-0.2, 0) is 0 Å². The number of hydrogen-bond donors (Lipinski definition) is 2. The molecule has 0 radical (unpaired) electrons. The van der Waals surface area contributed by atoms with Crippen LogP contribution in [0.15, 0.2) is 18.2 Å². The molecule has 0 bridgehead atoms. The lowest BCUT2D eigenvalue weighted by Gasteiger charge is -2.08. The summed E-state index contributed by atoms with van der Waals surface area (Å²) in [6, 6.07) is 4.67. The Bertz CT molecular complexity index is 605. The van der Waals surface area contributed by atoms with E-state index in [1.165, 1.54) is 6.07 Å². The van der Waals surface area contributed by atoms with Gasteiger partial charge in [-0.1, -0.05) is 6.92 Å². The first-order valence-electron chi connectivity index (χ1n) is 6.27. The molecule has 1 aromatic heterocycles. The zero-order valence-corrected chi connectivity index (χ0v) is 12.0. The smallest absolute Gasteiger partial charge is 0.233 e. The molecule has 0 unspecified atom stereocenters. The SMILES string of the molecule is CCCNc1nc(Cl)nc(Nc2ccc(F)c(C)c2)n1. The van der Waals surface area contributed by atoms with Gasteiger partial charge in [0.25, 0.3) is 0 Å². The zero-order chi connectivity index (χ0) is 14.5. The van der Waals surface area contributed by atoms with Crippen molar-refractivity contribution in [3.8, 4) is 0 Å². The lowest BCUT2D eigenvalue weighted by molar-refractivity contribution is 0.619. The minimum atomic E-state index is -0.255. The molecule has 0 aliphatic heterocycles. The summed E-state index contributed by atoms with van der Waals surface area (Å²) in [5, 5.41) is 6.11. The van der Waals surface area contributed by atoms with Crippen LogP contribution in [-0.4, -0.2) is 21.5 Å². The van der Waals surface area contributed by atoms with E-state index in [-0.39, 0.29) is 11.1 Å². The summed E-state index contributed by atoms with van der Waals surface area (Å²) < 4.78 is 13.2. The highest BCUT2D eigenvalue weighted by atomic mass is 35.5. The largest absolute Gasteiger partial charge is 0.354 e. The Morgan fingerprint density at radius 2 is 1.95 bits per heavy atom. The van der Waals surface area contributed by atoms with E-state index in [9.17, 15) is 4.39 Å². The topological polar surface area (TPSA) is 62.7 Å². The monoisotopic (exact) mass is 295 g/mol. The van der Waals surface area contributed by atoms with Crippen LogP contribution in [0.25, 0.3) is 0 Å². The van der Waals surface area contributed by atoms with Crippen molar-refractivity contribution in [2.45, 2.75) is 20.3 Å². The molecule has 2 aromatic rings. The van der Waals surface area contributed by atoms with Crippen LogP contribution in [0.4, 0.5) is 22.0 Å². The van der Waals surface area contributed by atoms with Crippen LogP contribution in [0.5, 0.6) is 0 Å². The lowest BCUT2D eigenvalue weighted by Crippen LogP contribution is -2.07. The normalized spacial score (nSPS) is 10.4. The molecule has 5 nitrogen and oxygen atoms in total. The molecule has 0 saturated heterocycles. The molecule has 0 aliphatic carbocycles. The molecule has 106 valence electrons. The van der Waals surface area contributed by atoms with E-state index >= 15 is 0 Å². The standard InChI is InChI=1S/C13H15ClFN5/c1-3-6-16-12-18-11(14)19-13(20-12)17-9-4-5-10(15)8(2)7-9/h4-5,7H,3,6H2,1-2H3,(H2,16,17,18,19,20). The van der Waals surface area contributed by atoms with Gasteiger partial charge in [0.05, 0.1) is 0 Å². The van der Waals surface area contributed by atoms with Gasteiger partial charge in [-0.3, -0.25) is 0 Å². The van der Waals surface area contributed by atoms with Gasteiger partial charge in [-0.25, -0.2) is 4.39 Å². The van der Waals surface area contributed by atoms with E-state index in [1.807, 2.05) is 6.92 Å². The van der Waals surface area contributed by atoms with Crippen LogP contribution in [0, 0.1) is 12.7 Å². The van der Waals surface area contributed by atoms with Crippen molar-refractivity contribution in [1.29, 1.82) is 0 Å². The number of nitrogens with zero attached hydrogens (tertiary/aromatic N) is 3. The zero-order valence-electron chi connectivity index (χ0n) is 11.2. The maximum atomic E-state index is 13.2. The molecule has 1 aromatic carbocycles. The third kappa shape index (κ3) is 3.77. The van der Waals surface area contributed by atoms with Crippen molar-refractivity contribution < 1.29 is 4.39 Å². The molecule has 20 heavy (non-hydrogen) atoms. The fourth-order valence-corrected chi connectivity index (χ4v) is 1.73. The Morgan fingerprint density at radius 3 is 2.65 bits per heavy atom. The third-order valence-corrected chi connectivity index (χ3v) is 2.72. The number of halogens is 2. The highest BCUT2D eigenvalue weighted by Crippen LogP contribution is 2.18. The maximum absolute atomic E-state index is 13.2. The van der Waals surface area contributed by atoms with E-state index in [0.29, 0.717) is 23.1 Å². The average Bonchev–Trinajstić information content (AvgIpc) is 2.40. The van der Waals surface area contributed by atoms with Crippen molar-refractivity contribution >= 4 is 29.2 Å². The first kappa shape index (κ1) is 14.5. The minimum Gasteiger partial charge on any atom is -0.354 e.